The van der Waals surface area contributed by atoms with Gasteiger partial charge in [0.25, 0.3) is 0 Å². The van der Waals surface area contributed by atoms with Gasteiger partial charge in [-0.3, -0.25) is 0 Å². The zero-order chi connectivity index (χ0) is 3.58. The summed E-state index contributed by atoms with van der Waals surface area (Å²) in [6.45, 7) is 0. The van der Waals surface area contributed by atoms with Crippen molar-refractivity contribution < 1.29 is 33.3 Å². The van der Waals surface area contributed by atoms with Crippen LogP contribution in [0.2, 0.25) is 0 Å². The van der Waals surface area contributed by atoms with E-state index >= 15 is 0 Å². The van der Waals surface area contributed by atoms with Gasteiger partial charge in [0.1, 0.15) is 0 Å². The van der Waals surface area contributed by atoms with E-state index in [-0.39, 0.29) is 27.2 Å². The van der Waals surface area contributed by atoms with Gasteiger partial charge in [-0.05, 0) is 0 Å². The largest absolute Gasteiger partial charge is 0.369 e. The van der Waals surface area contributed by atoms with Crippen molar-refractivity contribution in [2.75, 3.05) is 0 Å². The van der Waals surface area contributed by atoms with E-state index < -0.39 is 14.5 Å². The summed E-state index contributed by atoms with van der Waals surface area (Å²) >= 11 is -3.54. The summed E-state index contributed by atoms with van der Waals surface area (Å²) in [5.41, 5.74) is 0. The molecule has 0 aliphatic carbocycles. The fraction of sp³-hybridized carbons (Fsp3) is 0. The molecule has 5 N–H and O–H groups in total. The first-order valence-corrected chi connectivity index (χ1v) is 2.68. The Labute approximate surface area is 54.1 Å². The average molecular weight is 341 g/mol. The topological polar surface area (TPSA) is 96.9 Å². The number of rotatable bonds is 0. The van der Waals surface area contributed by atoms with Crippen LogP contribution in [0.4, 0.5) is 0 Å². The molecular weight excluding hydrogens is 336 g/mol. The Morgan fingerprint density at radius 1 is 1.67 bits per heavy atom. The Hall–Kier alpha value is 0.888. The number of hydrogen-bond donors (Lipinski definition) is 2. The van der Waals surface area contributed by atoms with Gasteiger partial charge in [0.2, 0.25) is 0 Å². The van der Waals surface area contributed by atoms with Crippen LogP contribution in [0.15, 0.2) is 0 Å². The minimum Gasteiger partial charge on any atom is -0.369 e. The van der Waals surface area contributed by atoms with E-state index in [1.165, 1.54) is 0 Å². The monoisotopic (exact) mass is 342 g/mol. The first-order valence-electron chi connectivity index (χ1n) is 0.516. The molecule has 0 aromatic heterocycles. The molecule has 0 amide bonds. The Kier molecular flexibility index (Phi) is 24.5. The minimum atomic E-state index is -3.54. The molecule has 0 radical (unpaired) electrons. The quantitative estimate of drug-likeness (QED) is 0.505. The Morgan fingerprint density at radius 2 is 1.67 bits per heavy atom. The van der Waals surface area contributed by atoms with Crippen molar-refractivity contribution in [3.63, 3.8) is 0 Å². The van der Waals surface area contributed by atoms with E-state index in [2.05, 4.69) is 0 Å². The summed E-state index contributed by atoms with van der Waals surface area (Å²) in [5.74, 6) is 0. The molecule has 6 heteroatoms. The zero-order valence-electron chi connectivity index (χ0n) is 2.99. The van der Waals surface area contributed by atoms with Crippen molar-refractivity contribution in [2.24, 2.45) is 0 Å². The third kappa shape index (κ3) is 93.7. The molecule has 0 rings (SSSR count). The van der Waals surface area contributed by atoms with E-state index in [1.807, 2.05) is 0 Å². The van der Waals surface area contributed by atoms with Gasteiger partial charge >= 0.3 is 26.7 Å². The van der Waals surface area contributed by atoms with E-state index in [9.17, 15) is 0 Å². The molecule has 0 aromatic carbocycles. The van der Waals surface area contributed by atoms with Gasteiger partial charge in [-0.2, -0.15) is 0 Å². The van der Waals surface area contributed by atoms with E-state index in [0.717, 1.165) is 0 Å². The maximum absolute atomic E-state index is 8.65. The van der Waals surface area contributed by atoms with Crippen molar-refractivity contribution in [1.82, 2.24) is 6.15 Å². The maximum atomic E-state index is 8.65. The van der Waals surface area contributed by atoms with Crippen LogP contribution in [0.25, 0.3) is 0 Å². The van der Waals surface area contributed by atoms with Crippen LogP contribution in [-0.4, -0.2) is 18.7 Å². The second-order valence-corrected chi connectivity index (χ2v) is 1.13. The maximum Gasteiger partial charge on any atom is 0 e. The van der Waals surface area contributed by atoms with Crippen molar-refractivity contribution in [2.45, 2.75) is 0 Å². The minimum absolute atomic E-state index is 0. The summed E-state index contributed by atoms with van der Waals surface area (Å²) in [4.78, 5) is 0. The van der Waals surface area contributed by atoms with Crippen molar-refractivity contribution >= 4 is 14.5 Å². The molecule has 0 aliphatic heterocycles. The van der Waals surface area contributed by atoms with Crippen molar-refractivity contribution in [1.29, 1.82) is 0 Å². The molecule has 6 heavy (non-hydrogen) atoms. The summed E-state index contributed by atoms with van der Waals surface area (Å²) in [6.07, 6.45) is 0. The third-order valence-electron chi connectivity index (χ3n) is 0. The molecule has 4 nitrogen and oxygen atoms in total. The van der Waals surface area contributed by atoms with Crippen LogP contribution in [0.3, 0.4) is 0 Å². The van der Waals surface area contributed by atoms with Crippen LogP contribution in [0, 0.1) is 0 Å². The third-order valence-corrected chi connectivity index (χ3v) is 0. The second-order valence-electron chi connectivity index (χ2n) is 0.217. The molecule has 1 unspecified atom stereocenters. The predicted molar refractivity (Wildman–Crippen MR) is 14.6 cm³/mol. The molecule has 0 fully saturated rings. The van der Waals surface area contributed by atoms with Crippen molar-refractivity contribution in [3.8, 4) is 0 Å². The van der Waals surface area contributed by atoms with Crippen LogP contribution in [0.5, 0.6) is 0 Å². The first kappa shape index (κ1) is 15.8. The Morgan fingerprint density at radius 3 is 1.67 bits per heavy atom. The van der Waals surface area contributed by atoms with Crippen LogP contribution < -0.4 is 10.3 Å². The summed E-state index contributed by atoms with van der Waals surface area (Å²) in [6, 6.07) is 0. The smallest absolute Gasteiger partial charge is 0 e. The van der Waals surface area contributed by atoms with Crippen LogP contribution in [-0.2, 0) is 24.9 Å². The molecule has 0 saturated carbocycles. The standard InChI is InChI=1S/H3N.H2O3Se.Pt/c;1-4(2)3;/h1H3;(H2,1,2,3);. The van der Waals surface area contributed by atoms with Crippen molar-refractivity contribution in [3.05, 3.63) is 0 Å². The van der Waals surface area contributed by atoms with Gasteiger partial charge in [-0.1, -0.05) is 0 Å². The summed E-state index contributed by atoms with van der Waals surface area (Å²) in [5, 5.41) is 0. The van der Waals surface area contributed by atoms with Gasteiger partial charge in [0.05, 0.1) is 0 Å². The molecular formula is H5NO3PtSe. The van der Waals surface area contributed by atoms with Crippen LogP contribution >= 0.6 is 0 Å². The molecule has 0 aliphatic rings. The summed E-state index contributed by atoms with van der Waals surface area (Å²) < 4.78 is 24.4. The van der Waals surface area contributed by atoms with Gasteiger partial charge in [0, 0.05) is 21.1 Å². The predicted octanol–water partition coefficient (Wildman–Crippen LogP) is -1.87. The fourth-order valence-electron chi connectivity index (χ4n) is 0. The molecule has 44 valence electrons. The normalized spacial score (nSPS) is 10.3. The molecule has 0 heterocycles. The van der Waals surface area contributed by atoms with Gasteiger partial charge in [-0.15, -0.1) is 0 Å². The van der Waals surface area contributed by atoms with E-state index in [1.54, 1.807) is 0 Å². The van der Waals surface area contributed by atoms with Gasteiger partial charge < -0.3 is 6.15 Å². The molecule has 0 saturated heterocycles. The first-order chi connectivity index (χ1) is 1.73. The fourth-order valence-corrected chi connectivity index (χ4v) is 0. The number of hydrogen-bond acceptors (Lipinski definition) is 2. The molecule has 0 aromatic rings. The SMILES string of the molecule is O=[Se]([O-])O.[NH4+].[Pt]. The molecule has 1 atom stereocenters. The molecule has 0 spiro atoms. The molecule has 0 bridgehead atoms. The number of quaternary nitrogens is 1. The summed E-state index contributed by atoms with van der Waals surface area (Å²) in [7, 11) is 0. The van der Waals surface area contributed by atoms with Gasteiger partial charge in [0.15, 0.2) is 0 Å². The van der Waals surface area contributed by atoms with Gasteiger partial charge in [-0.25, -0.2) is 0 Å². The average Bonchev–Trinajstić information content (AvgIpc) is 0.811. The van der Waals surface area contributed by atoms with E-state index in [4.69, 9.17) is 12.2 Å². The second kappa shape index (κ2) is 9.31. The zero-order valence-corrected chi connectivity index (χ0v) is 6.97. The van der Waals surface area contributed by atoms with E-state index in [0.29, 0.717) is 0 Å². The Balaban J connectivity index is -0.0000000450. The van der Waals surface area contributed by atoms with Crippen LogP contribution in [0.1, 0.15) is 0 Å². The Bertz CT molecular complexity index is 33.8.